The van der Waals surface area contributed by atoms with Gasteiger partial charge in [0.05, 0.1) is 17.7 Å². The molecule has 0 radical (unpaired) electrons. The van der Waals surface area contributed by atoms with E-state index in [9.17, 15) is 22.0 Å². The van der Waals surface area contributed by atoms with Crippen LogP contribution in [0, 0.1) is 25.5 Å². The molecule has 0 bridgehead atoms. The van der Waals surface area contributed by atoms with E-state index >= 15 is 0 Å². The van der Waals surface area contributed by atoms with E-state index in [4.69, 9.17) is 4.74 Å². The Morgan fingerprint density at radius 1 is 1.00 bits per heavy atom. The van der Waals surface area contributed by atoms with E-state index in [1.165, 1.54) is 31.4 Å². The quantitative estimate of drug-likeness (QED) is 0.578. The number of hydrogen-bond acceptors (Lipinski definition) is 4. The molecule has 0 fully saturated rings. The molecule has 2 N–H and O–H groups in total. The van der Waals surface area contributed by atoms with Gasteiger partial charge in [-0.25, -0.2) is 17.2 Å². The number of aryl methyl sites for hydroxylation is 2. The molecule has 3 aromatic carbocycles. The van der Waals surface area contributed by atoms with E-state index in [2.05, 4.69) is 10.0 Å². The first-order chi connectivity index (χ1) is 14.6. The van der Waals surface area contributed by atoms with Gasteiger partial charge in [0.1, 0.15) is 5.82 Å². The highest BCUT2D eigenvalue weighted by Crippen LogP contribution is 2.29. The molecule has 0 aliphatic heterocycles. The van der Waals surface area contributed by atoms with Crippen molar-refractivity contribution in [2.75, 3.05) is 17.1 Å². The summed E-state index contributed by atoms with van der Waals surface area (Å²) >= 11 is 0. The molecule has 0 aliphatic rings. The molecular weight excluding hydrogens is 426 g/mol. The number of benzene rings is 3. The fourth-order valence-corrected chi connectivity index (χ4v) is 4.37. The Bertz CT molecular complexity index is 1260. The van der Waals surface area contributed by atoms with Crippen LogP contribution in [-0.2, 0) is 10.0 Å². The third-order valence-electron chi connectivity index (χ3n) is 4.47. The SMILES string of the molecule is COc1c(F)cc(F)cc1NC(=O)c1cccc(NS(=O)(=O)c2cc(C)ccc2C)c1. The van der Waals surface area contributed by atoms with E-state index in [1.807, 2.05) is 6.07 Å². The maximum atomic E-state index is 13.8. The Labute approximate surface area is 178 Å². The van der Waals surface area contributed by atoms with Gasteiger partial charge >= 0.3 is 0 Å². The molecule has 0 saturated carbocycles. The molecule has 0 atom stereocenters. The van der Waals surface area contributed by atoms with Crippen molar-refractivity contribution in [3.8, 4) is 5.75 Å². The molecule has 0 unspecified atom stereocenters. The minimum absolute atomic E-state index is 0.0767. The second-order valence-corrected chi connectivity index (χ2v) is 8.53. The first-order valence-corrected chi connectivity index (χ1v) is 10.6. The Hall–Kier alpha value is -3.46. The normalized spacial score (nSPS) is 11.1. The standard InChI is InChI=1S/C22H20F2N2O4S/c1-13-7-8-14(2)20(9-13)31(28,29)26-17-6-4-5-15(10-17)22(27)25-19-12-16(23)11-18(24)21(19)30-3/h4-12,26H,1-3H3,(H,25,27). The predicted octanol–water partition coefficient (Wildman–Crippen LogP) is 4.64. The number of nitrogens with one attached hydrogen (secondary N) is 2. The third kappa shape index (κ3) is 5.00. The topological polar surface area (TPSA) is 84.5 Å². The molecule has 31 heavy (non-hydrogen) atoms. The van der Waals surface area contributed by atoms with Crippen LogP contribution in [-0.4, -0.2) is 21.4 Å². The summed E-state index contributed by atoms with van der Waals surface area (Å²) in [5.41, 5.74) is 1.41. The number of methoxy groups -OCH3 is 1. The average Bonchev–Trinajstić information content (AvgIpc) is 2.69. The molecule has 0 aromatic heterocycles. The van der Waals surface area contributed by atoms with Crippen molar-refractivity contribution in [2.24, 2.45) is 0 Å². The molecule has 0 heterocycles. The minimum Gasteiger partial charge on any atom is -0.492 e. The Balaban J connectivity index is 1.87. The van der Waals surface area contributed by atoms with Crippen LogP contribution in [0.3, 0.4) is 0 Å². The third-order valence-corrected chi connectivity index (χ3v) is 5.99. The maximum Gasteiger partial charge on any atom is 0.262 e. The smallest absolute Gasteiger partial charge is 0.262 e. The van der Waals surface area contributed by atoms with E-state index in [-0.39, 0.29) is 27.6 Å². The van der Waals surface area contributed by atoms with Crippen molar-refractivity contribution in [1.29, 1.82) is 0 Å². The Morgan fingerprint density at radius 2 is 1.74 bits per heavy atom. The van der Waals surface area contributed by atoms with E-state index in [1.54, 1.807) is 26.0 Å². The van der Waals surface area contributed by atoms with Gasteiger partial charge < -0.3 is 10.1 Å². The molecule has 3 rings (SSSR count). The molecule has 1 amide bonds. The summed E-state index contributed by atoms with van der Waals surface area (Å²) in [6, 6.07) is 12.4. The van der Waals surface area contributed by atoms with Crippen molar-refractivity contribution in [2.45, 2.75) is 18.7 Å². The fraction of sp³-hybridized carbons (Fsp3) is 0.136. The lowest BCUT2D eigenvalue weighted by atomic mass is 10.2. The number of carbonyl (C=O) groups excluding carboxylic acids is 1. The van der Waals surface area contributed by atoms with Crippen LogP contribution in [0.2, 0.25) is 0 Å². The number of sulfonamides is 1. The molecule has 3 aromatic rings. The highest BCUT2D eigenvalue weighted by molar-refractivity contribution is 7.92. The number of halogens is 2. The molecule has 0 saturated heterocycles. The van der Waals surface area contributed by atoms with Crippen LogP contribution in [0.1, 0.15) is 21.5 Å². The van der Waals surface area contributed by atoms with Gasteiger partial charge in [-0.05, 0) is 49.2 Å². The van der Waals surface area contributed by atoms with Crippen molar-refractivity contribution in [1.82, 2.24) is 0 Å². The van der Waals surface area contributed by atoms with Crippen LogP contribution < -0.4 is 14.8 Å². The number of anilines is 2. The van der Waals surface area contributed by atoms with Gasteiger partial charge in [0.15, 0.2) is 11.6 Å². The Kier molecular flexibility index (Phi) is 6.26. The van der Waals surface area contributed by atoms with Gasteiger partial charge in [-0.1, -0.05) is 18.2 Å². The predicted molar refractivity (Wildman–Crippen MR) is 114 cm³/mol. The maximum absolute atomic E-state index is 13.8. The largest absolute Gasteiger partial charge is 0.492 e. The van der Waals surface area contributed by atoms with Crippen molar-refractivity contribution >= 4 is 27.3 Å². The van der Waals surface area contributed by atoms with Gasteiger partial charge in [-0.3, -0.25) is 9.52 Å². The fourth-order valence-electron chi connectivity index (χ4n) is 2.99. The molecular formula is C22H20F2N2O4S. The lowest BCUT2D eigenvalue weighted by molar-refractivity contribution is 0.102. The second-order valence-electron chi connectivity index (χ2n) is 6.88. The monoisotopic (exact) mass is 446 g/mol. The van der Waals surface area contributed by atoms with Gasteiger partial charge in [0, 0.05) is 23.4 Å². The average molecular weight is 446 g/mol. The first kappa shape index (κ1) is 22.2. The van der Waals surface area contributed by atoms with Crippen molar-refractivity contribution in [3.05, 3.63) is 82.9 Å². The molecule has 6 nitrogen and oxygen atoms in total. The van der Waals surface area contributed by atoms with E-state index in [0.29, 0.717) is 11.6 Å². The highest BCUT2D eigenvalue weighted by atomic mass is 32.2. The van der Waals surface area contributed by atoms with Gasteiger partial charge in [0.25, 0.3) is 15.9 Å². The highest BCUT2D eigenvalue weighted by Gasteiger charge is 2.19. The number of hydrogen-bond donors (Lipinski definition) is 2. The molecule has 9 heteroatoms. The summed E-state index contributed by atoms with van der Waals surface area (Å²) in [7, 11) is -2.70. The van der Waals surface area contributed by atoms with Crippen LogP contribution in [0.4, 0.5) is 20.2 Å². The summed E-state index contributed by atoms with van der Waals surface area (Å²) in [4.78, 5) is 12.7. The van der Waals surface area contributed by atoms with E-state index < -0.39 is 27.6 Å². The summed E-state index contributed by atoms with van der Waals surface area (Å²) < 4.78 is 60.3. The molecule has 162 valence electrons. The van der Waals surface area contributed by atoms with Crippen LogP contribution in [0.15, 0.2) is 59.5 Å². The number of ether oxygens (including phenoxy) is 1. The number of rotatable bonds is 6. The van der Waals surface area contributed by atoms with Gasteiger partial charge in [0.2, 0.25) is 0 Å². The minimum atomic E-state index is -3.89. The second kappa shape index (κ2) is 8.73. The summed E-state index contributed by atoms with van der Waals surface area (Å²) in [5, 5.41) is 2.38. The molecule has 0 aliphatic carbocycles. The van der Waals surface area contributed by atoms with E-state index in [0.717, 1.165) is 11.6 Å². The van der Waals surface area contributed by atoms with Crippen molar-refractivity contribution < 1.29 is 26.7 Å². The lowest BCUT2D eigenvalue weighted by Crippen LogP contribution is -2.16. The van der Waals surface area contributed by atoms with Crippen molar-refractivity contribution in [3.63, 3.8) is 0 Å². The summed E-state index contributed by atoms with van der Waals surface area (Å²) in [6.07, 6.45) is 0. The Morgan fingerprint density at radius 3 is 2.45 bits per heavy atom. The van der Waals surface area contributed by atoms with Gasteiger partial charge in [-0.15, -0.1) is 0 Å². The van der Waals surface area contributed by atoms with Gasteiger partial charge in [-0.2, -0.15) is 0 Å². The van der Waals surface area contributed by atoms with Crippen LogP contribution in [0.5, 0.6) is 5.75 Å². The number of carbonyl (C=O) groups is 1. The number of amides is 1. The first-order valence-electron chi connectivity index (χ1n) is 9.15. The van der Waals surface area contributed by atoms with Crippen LogP contribution >= 0.6 is 0 Å². The summed E-state index contributed by atoms with van der Waals surface area (Å²) in [6.45, 7) is 3.47. The lowest BCUT2D eigenvalue weighted by Gasteiger charge is -2.13. The molecule has 0 spiro atoms. The van der Waals surface area contributed by atoms with Crippen LogP contribution in [0.25, 0.3) is 0 Å². The zero-order valence-electron chi connectivity index (χ0n) is 17.0. The zero-order chi connectivity index (χ0) is 22.8. The zero-order valence-corrected chi connectivity index (χ0v) is 17.8. The summed E-state index contributed by atoms with van der Waals surface area (Å²) in [5.74, 6) is -2.87.